The van der Waals surface area contributed by atoms with Crippen LogP contribution in [0.4, 0.5) is 0 Å². The lowest BCUT2D eigenvalue weighted by Crippen LogP contribution is -2.27. The summed E-state index contributed by atoms with van der Waals surface area (Å²) in [5.74, 6) is 0.0807. The Kier molecular flexibility index (Phi) is 5.37. The highest BCUT2D eigenvalue weighted by Crippen LogP contribution is 2.17. The van der Waals surface area contributed by atoms with E-state index >= 15 is 0 Å². The van der Waals surface area contributed by atoms with Gasteiger partial charge in [-0.25, -0.2) is 9.67 Å². The highest BCUT2D eigenvalue weighted by molar-refractivity contribution is 5.94. The Labute approximate surface area is 169 Å². The SMILES string of the molecule is C[C@H](NC(=O)c1ccc(CN2CCCC2=O)cc1)c1ccc(-n2cncn2)cc1. The second kappa shape index (κ2) is 8.26. The fraction of sp³-hybridized carbons (Fsp3) is 0.273. The highest BCUT2D eigenvalue weighted by Gasteiger charge is 2.20. The van der Waals surface area contributed by atoms with E-state index in [9.17, 15) is 9.59 Å². The summed E-state index contributed by atoms with van der Waals surface area (Å²) < 4.78 is 1.68. The van der Waals surface area contributed by atoms with Crippen molar-refractivity contribution in [3.63, 3.8) is 0 Å². The summed E-state index contributed by atoms with van der Waals surface area (Å²) >= 11 is 0. The van der Waals surface area contributed by atoms with Gasteiger partial charge in [-0.1, -0.05) is 24.3 Å². The zero-order valence-electron chi connectivity index (χ0n) is 16.3. The maximum absolute atomic E-state index is 12.6. The number of hydrogen-bond donors (Lipinski definition) is 1. The van der Waals surface area contributed by atoms with Crippen LogP contribution < -0.4 is 5.32 Å². The Morgan fingerprint density at radius 2 is 1.90 bits per heavy atom. The Bertz CT molecular complexity index is 981. The van der Waals surface area contributed by atoms with Crippen molar-refractivity contribution in [2.24, 2.45) is 0 Å². The number of amides is 2. The topological polar surface area (TPSA) is 80.1 Å². The summed E-state index contributed by atoms with van der Waals surface area (Å²) in [4.78, 5) is 30.1. The van der Waals surface area contributed by atoms with Crippen LogP contribution in [0.1, 0.15) is 47.3 Å². The van der Waals surface area contributed by atoms with Gasteiger partial charge >= 0.3 is 0 Å². The van der Waals surface area contributed by atoms with Crippen LogP contribution in [0.3, 0.4) is 0 Å². The molecule has 2 aromatic carbocycles. The third kappa shape index (κ3) is 4.34. The molecule has 1 aliphatic rings. The van der Waals surface area contributed by atoms with Gasteiger partial charge in [0.2, 0.25) is 5.91 Å². The summed E-state index contributed by atoms with van der Waals surface area (Å²) in [6, 6.07) is 15.2. The fourth-order valence-corrected chi connectivity index (χ4v) is 3.47. The van der Waals surface area contributed by atoms with E-state index in [1.54, 1.807) is 11.0 Å². The molecule has 1 aromatic heterocycles. The number of nitrogens with zero attached hydrogens (tertiary/aromatic N) is 4. The molecule has 1 atom stereocenters. The first kappa shape index (κ1) is 18.9. The first-order valence-electron chi connectivity index (χ1n) is 9.73. The monoisotopic (exact) mass is 389 g/mol. The van der Waals surface area contributed by atoms with Crippen LogP contribution in [0, 0.1) is 0 Å². The number of benzene rings is 2. The maximum Gasteiger partial charge on any atom is 0.251 e. The Hall–Kier alpha value is -3.48. The van der Waals surface area contributed by atoms with E-state index in [0.29, 0.717) is 18.5 Å². The second-order valence-corrected chi connectivity index (χ2v) is 7.24. The standard InChI is InChI=1S/C22H23N5O2/c1-16(18-8-10-20(11-9-18)27-15-23-14-24-27)25-22(29)19-6-4-17(5-7-19)13-26-12-2-3-21(26)28/h4-11,14-16H,2-3,12-13H2,1H3,(H,25,29)/t16-/m0/s1. The minimum Gasteiger partial charge on any atom is -0.346 e. The van der Waals surface area contributed by atoms with E-state index in [1.165, 1.54) is 6.33 Å². The molecule has 0 saturated carbocycles. The molecule has 7 heteroatoms. The van der Waals surface area contributed by atoms with Crippen LogP contribution in [-0.2, 0) is 11.3 Å². The normalized spacial score (nSPS) is 14.8. The predicted molar refractivity (Wildman–Crippen MR) is 108 cm³/mol. The minimum atomic E-state index is -0.130. The molecule has 1 N–H and O–H groups in total. The molecule has 0 bridgehead atoms. The van der Waals surface area contributed by atoms with Crippen molar-refractivity contribution in [2.75, 3.05) is 6.54 Å². The second-order valence-electron chi connectivity index (χ2n) is 7.24. The number of carbonyl (C=O) groups is 2. The molecule has 29 heavy (non-hydrogen) atoms. The van der Waals surface area contributed by atoms with E-state index < -0.39 is 0 Å². The van der Waals surface area contributed by atoms with E-state index in [0.717, 1.165) is 29.8 Å². The molecule has 2 amide bonds. The van der Waals surface area contributed by atoms with Gasteiger partial charge in [0.1, 0.15) is 12.7 Å². The number of likely N-dealkylation sites (tertiary alicyclic amines) is 1. The lowest BCUT2D eigenvalue weighted by molar-refractivity contribution is -0.128. The number of hydrogen-bond acceptors (Lipinski definition) is 4. The third-order valence-corrected chi connectivity index (χ3v) is 5.18. The molecule has 1 aliphatic heterocycles. The molecule has 7 nitrogen and oxygen atoms in total. The van der Waals surface area contributed by atoms with Crippen molar-refractivity contribution in [2.45, 2.75) is 32.4 Å². The fourth-order valence-electron chi connectivity index (χ4n) is 3.47. The van der Waals surface area contributed by atoms with Gasteiger partial charge in [-0.15, -0.1) is 0 Å². The highest BCUT2D eigenvalue weighted by atomic mass is 16.2. The molecule has 4 rings (SSSR count). The molecule has 1 saturated heterocycles. The molecular weight excluding hydrogens is 366 g/mol. The van der Waals surface area contributed by atoms with Crippen LogP contribution in [0.5, 0.6) is 0 Å². The number of aromatic nitrogens is 3. The number of nitrogens with one attached hydrogen (secondary N) is 1. The summed E-state index contributed by atoms with van der Waals surface area (Å²) in [5.41, 5.74) is 3.56. The van der Waals surface area contributed by atoms with Crippen LogP contribution >= 0.6 is 0 Å². The van der Waals surface area contributed by atoms with E-state index in [-0.39, 0.29) is 17.9 Å². The van der Waals surface area contributed by atoms with E-state index in [1.807, 2.05) is 60.4 Å². The van der Waals surface area contributed by atoms with Gasteiger partial charge in [0.05, 0.1) is 11.7 Å². The van der Waals surface area contributed by atoms with Crippen molar-refractivity contribution >= 4 is 11.8 Å². The van der Waals surface area contributed by atoms with Gasteiger partial charge < -0.3 is 10.2 Å². The first-order chi connectivity index (χ1) is 14.1. The van der Waals surface area contributed by atoms with Gasteiger partial charge in [-0.05, 0) is 48.7 Å². The lowest BCUT2D eigenvalue weighted by Gasteiger charge is -2.17. The van der Waals surface area contributed by atoms with Gasteiger partial charge in [0, 0.05) is 25.1 Å². The molecule has 0 spiro atoms. The van der Waals surface area contributed by atoms with E-state index in [4.69, 9.17) is 0 Å². The van der Waals surface area contributed by atoms with Crippen molar-refractivity contribution < 1.29 is 9.59 Å². The first-order valence-corrected chi connectivity index (χ1v) is 9.73. The Morgan fingerprint density at radius 1 is 1.14 bits per heavy atom. The summed E-state index contributed by atoms with van der Waals surface area (Å²) in [5, 5.41) is 7.13. The third-order valence-electron chi connectivity index (χ3n) is 5.18. The van der Waals surface area contributed by atoms with Gasteiger partial charge in [0.15, 0.2) is 0 Å². The average molecular weight is 389 g/mol. The molecule has 1 fully saturated rings. The molecule has 148 valence electrons. The van der Waals surface area contributed by atoms with Crippen molar-refractivity contribution in [1.29, 1.82) is 0 Å². The quantitative estimate of drug-likeness (QED) is 0.703. The Balaban J connectivity index is 1.36. The lowest BCUT2D eigenvalue weighted by atomic mass is 10.1. The number of rotatable bonds is 6. The molecule has 2 heterocycles. The predicted octanol–water partition coefficient (Wildman–Crippen LogP) is 2.88. The van der Waals surface area contributed by atoms with Crippen molar-refractivity contribution in [1.82, 2.24) is 25.0 Å². The minimum absolute atomic E-state index is 0.123. The van der Waals surface area contributed by atoms with Crippen LogP contribution in [0.2, 0.25) is 0 Å². The maximum atomic E-state index is 12.6. The van der Waals surface area contributed by atoms with Crippen molar-refractivity contribution in [3.05, 3.63) is 77.9 Å². The van der Waals surface area contributed by atoms with Gasteiger partial charge in [0.25, 0.3) is 5.91 Å². The van der Waals surface area contributed by atoms with Crippen molar-refractivity contribution in [3.8, 4) is 5.69 Å². The summed E-state index contributed by atoms with van der Waals surface area (Å²) in [6.07, 6.45) is 4.70. The zero-order chi connectivity index (χ0) is 20.2. The van der Waals surface area contributed by atoms with Crippen LogP contribution in [0.25, 0.3) is 5.69 Å². The molecule has 3 aromatic rings. The smallest absolute Gasteiger partial charge is 0.251 e. The van der Waals surface area contributed by atoms with E-state index in [2.05, 4.69) is 15.4 Å². The van der Waals surface area contributed by atoms with Crippen LogP contribution in [0.15, 0.2) is 61.2 Å². The van der Waals surface area contributed by atoms with Gasteiger partial charge in [-0.3, -0.25) is 9.59 Å². The molecule has 0 unspecified atom stereocenters. The summed E-state index contributed by atoms with van der Waals surface area (Å²) in [7, 11) is 0. The van der Waals surface area contributed by atoms with Gasteiger partial charge in [-0.2, -0.15) is 5.10 Å². The number of carbonyl (C=O) groups excluding carboxylic acids is 2. The largest absolute Gasteiger partial charge is 0.346 e. The molecular formula is C22H23N5O2. The zero-order valence-corrected chi connectivity index (χ0v) is 16.3. The molecule has 0 aliphatic carbocycles. The Morgan fingerprint density at radius 3 is 2.52 bits per heavy atom. The summed E-state index contributed by atoms with van der Waals surface area (Å²) in [6.45, 7) is 3.37. The van der Waals surface area contributed by atoms with Crippen LogP contribution in [-0.4, -0.2) is 38.0 Å². The molecule has 0 radical (unpaired) electrons. The average Bonchev–Trinajstić information content (AvgIpc) is 3.41.